The van der Waals surface area contributed by atoms with Crippen molar-refractivity contribution in [3.63, 3.8) is 0 Å². The molecule has 3 rings (SSSR count). The third-order valence-corrected chi connectivity index (χ3v) is 5.39. The number of hydrogen-bond donors (Lipinski definition) is 2. The number of nitrogens with zero attached hydrogens (tertiary/aromatic N) is 2. The number of primary sulfonamides is 1. The minimum absolute atomic E-state index is 0.0199. The number of sulfonamides is 1. The summed E-state index contributed by atoms with van der Waals surface area (Å²) in [6.45, 7) is 4.20. The Hall–Kier alpha value is -2.23. The van der Waals surface area contributed by atoms with Crippen LogP contribution in [-0.4, -0.2) is 37.5 Å². The Balaban J connectivity index is 1.50. The minimum Gasteiger partial charge on any atom is -0.360 e. The van der Waals surface area contributed by atoms with Crippen molar-refractivity contribution in [2.45, 2.75) is 31.2 Å². The van der Waals surface area contributed by atoms with Crippen LogP contribution in [0.15, 0.2) is 39.8 Å². The fourth-order valence-electron chi connectivity index (χ4n) is 3.04. The van der Waals surface area contributed by atoms with Crippen LogP contribution in [-0.2, 0) is 21.4 Å². The van der Waals surface area contributed by atoms with E-state index in [-0.39, 0.29) is 16.7 Å². The number of carbonyl (C=O) groups excluding carboxylic acids is 1. The SMILES string of the molecule is Cc1cc(CN2CCC(C(=O)Nc3ccc(S(N)(=O)=O)cc3)CC2)on1. The van der Waals surface area contributed by atoms with Crippen LogP contribution in [0, 0.1) is 12.8 Å². The Morgan fingerprint density at radius 3 is 2.50 bits per heavy atom. The Kier molecular flexibility index (Phi) is 5.40. The van der Waals surface area contributed by atoms with Crippen LogP contribution in [0.3, 0.4) is 0 Å². The van der Waals surface area contributed by atoms with Crippen LogP contribution in [0.1, 0.15) is 24.3 Å². The van der Waals surface area contributed by atoms with Gasteiger partial charge in [0.2, 0.25) is 15.9 Å². The van der Waals surface area contributed by atoms with E-state index in [1.807, 2.05) is 13.0 Å². The van der Waals surface area contributed by atoms with E-state index in [1.54, 1.807) is 12.1 Å². The van der Waals surface area contributed by atoms with E-state index in [0.717, 1.165) is 37.4 Å². The molecule has 140 valence electrons. The molecule has 2 aromatic rings. The number of carbonyl (C=O) groups is 1. The van der Waals surface area contributed by atoms with Crippen LogP contribution in [0.4, 0.5) is 5.69 Å². The second kappa shape index (κ2) is 7.56. The van der Waals surface area contributed by atoms with Gasteiger partial charge in [0.1, 0.15) is 0 Å². The lowest BCUT2D eigenvalue weighted by molar-refractivity contribution is -0.121. The van der Waals surface area contributed by atoms with E-state index in [1.165, 1.54) is 12.1 Å². The third kappa shape index (κ3) is 4.69. The Bertz CT molecular complexity index is 868. The molecule has 3 N–H and O–H groups in total. The Morgan fingerprint density at radius 1 is 1.31 bits per heavy atom. The molecule has 0 atom stereocenters. The molecular weight excluding hydrogens is 356 g/mol. The molecule has 1 aliphatic rings. The van der Waals surface area contributed by atoms with Crippen molar-refractivity contribution >= 4 is 21.6 Å². The molecule has 1 saturated heterocycles. The van der Waals surface area contributed by atoms with Gasteiger partial charge in [-0.2, -0.15) is 0 Å². The predicted octanol–water partition coefficient (Wildman–Crippen LogP) is 1.48. The number of likely N-dealkylation sites (tertiary alicyclic amines) is 1. The van der Waals surface area contributed by atoms with E-state index in [9.17, 15) is 13.2 Å². The summed E-state index contributed by atoms with van der Waals surface area (Å²) in [5.41, 5.74) is 1.42. The predicted molar refractivity (Wildman–Crippen MR) is 95.7 cm³/mol. The first-order valence-corrected chi connectivity index (χ1v) is 9.94. The van der Waals surface area contributed by atoms with Crippen LogP contribution in [0.25, 0.3) is 0 Å². The molecule has 1 amide bonds. The van der Waals surface area contributed by atoms with Gasteiger partial charge in [0.25, 0.3) is 0 Å². The molecule has 0 bridgehead atoms. The first-order valence-electron chi connectivity index (χ1n) is 8.39. The highest BCUT2D eigenvalue weighted by Crippen LogP contribution is 2.21. The molecule has 0 radical (unpaired) electrons. The van der Waals surface area contributed by atoms with Crippen molar-refractivity contribution in [1.82, 2.24) is 10.1 Å². The van der Waals surface area contributed by atoms with Crippen molar-refractivity contribution < 1.29 is 17.7 Å². The maximum Gasteiger partial charge on any atom is 0.238 e. The maximum atomic E-state index is 12.4. The normalized spacial score (nSPS) is 16.5. The van der Waals surface area contributed by atoms with Gasteiger partial charge in [-0.05, 0) is 57.1 Å². The fraction of sp³-hybridized carbons (Fsp3) is 0.412. The van der Waals surface area contributed by atoms with E-state index < -0.39 is 10.0 Å². The van der Waals surface area contributed by atoms with Crippen LogP contribution in [0.2, 0.25) is 0 Å². The average molecular weight is 378 g/mol. The number of amides is 1. The molecule has 1 aromatic heterocycles. The monoisotopic (exact) mass is 378 g/mol. The minimum atomic E-state index is -3.73. The molecule has 26 heavy (non-hydrogen) atoms. The van der Waals surface area contributed by atoms with E-state index in [4.69, 9.17) is 9.66 Å². The molecular formula is C17H22N4O4S. The zero-order chi connectivity index (χ0) is 18.7. The van der Waals surface area contributed by atoms with Gasteiger partial charge in [-0.15, -0.1) is 0 Å². The van der Waals surface area contributed by atoms with Gasteiger partial charge in [-0.3, -0.25) is 9.69 Å². The molecule has 8 nitrogen and oxygen atoms in total. The molecule has 1 aromatic carbocycles. The summed E-state index contributed by atoms with van der Waals surface area (Å²) in [4.78, 5) is 14.7. The van der Waals surface area contributed by atoms with Crippen LogP contribution in [0.5, 0.6) is 0 Å². The first kappa shape index (κ1) is 18.6. The number of aromatic nitrogens is 1. The van der Waals surface area contributed by atoms with Gasteiger partial charge in [-0.25, -0.2) is 13.6 Å². The van der Waals surface area contributed by atoms with Crippen molar-refractivity contribution in [2.24, 2.45) is 11.1 Å². The lowest BCUT2D eigenvalue weighted by atomic mass is 9.95. The number of nitrogens with one attached hydrogen (secondary N) is 1. The number of rotatable bonds is 5. The van der Waals surface area contributed by atoms with Gasteiger partial charge in [0.15, 0.2) is 5.76 Å². The second-order valence-electron chi connectivity index (χ2n) is 6.54. The Labute approximate surface area is 152 Å². The molecule has 0 saturated carbocycles. The van der Waals surface area contributed by atoms with Gasteiger partial charge in [0.05, 0.1) is 17.1 Å². The smallest absolute Gasteiger partial charge is 0.238 e. The fourth-order valence-corrected chi connectivity index (χ4v) is 3.55. The lowest BCUT2D eigenvalue weighted by Gasteiger charge is -2.30. The van der Waals surface area contributed by atoms with Crippen LogP contribution >= 0.6 is 0 Å². The summed E-state index contributed by atoms with van der Waals surface area (Å²) in [7, 11) is -3.73. The quantitative estimate of drug-likeness (QED) is 0.813. The van der Waals surface area contributed by atoms with Gasteiger partial charge in [0, 0.05) is 17.7 Å². The standard InChI is InChI=1S/C17H22N4O4S/c1-12-10-15(25-20-12)11-21-8-6-13(7-9-21)17(22)19-14-2-4-16(5-3-14)26(18,23)24/h2-5,10,13H,6-9,11H2,1H3,(H,19,22)(H2,18,23,24). The van der Waals surface area contributed by atoms with Crippen molar-refractivity contribution in [3.05, 3.63) is 41.8 Å². The summed E-state index contributed by atoms with van der Waals surface area (Å²) < 4.78 is 27.7. The number of hydrogen-bond acceptors (Lipinski definition) is 6. The van der Waals surface area contributed by atoms with Crippen molar-refractivity contribution in [1.29, 1.82) is 0 Å². The van der Waals surface area contributed by atoms with Gasteiger partial charge >= 0.3 is 0 Å². The molecule has 9 heteroatoms. The number of nitrogens with two attached hydrogens (primary N) is 1. The van der Waals surface area contributed by atoms with Crippen molar-refractivity contribution in [3.8, 4) is 0 Å². The highest BCUT2D eigenvalue weighted by molar-refractivity contribution is 7.89. The van der Waals surface area contributed by atoms with Crippen LogP contribution < -0.4 is 10.5 Å². The Morgan fingerprint density at radius 2 is 1.96 bits per heavy atom. The number of benzene rings is 1. The summed E-state index contributed by atoms with van der Waals surface area (Å²) in [6.07, 6.45) is 1.52. The topological polar surface area (TPSA) is 119 Å². The molecule has 2 heterocycles. The van der Waals surface area contributed by atoms with E-state index >= 15 is 0 Å². The molecule has 1 fully saturated rings. The lowest BCUT2D eigenvalue weighted by Crippen LogP contribution is -2.37. The third-order valence-electron chi connectivity index (χ3n) is 4.46. The van der Waals surface area contributed by atoms with Gasteiger partial charge < -0.3 is 9.84 Å². The molecule has 1 aliphatic heterocycles. The van der Waals surface area contributed by atoms with E-state index in [2.05, 4.69) is 15.4 Å². The highest BCUT2D eigenvalue weighted by atomic mass is 32.2. The number of anilines is 1. The summed E-state index contributed by atoms with van der Waals surface area (Å²) in [5.74, 6) is 0.712. The largest absolute Gasteiger partial charge is 0.360 e. The molecule has 0 spiro atoms. The summed E-state index contributed by atoms with van der Waals surface area (Å²) in [6, 6.07) is 7.77. The number of aryl methyl sites for hydroxylation is 1. The maximum absolute atomic E-state index is 12.4. The first-order chi connectivity index (χ1) is 12.3. The zero-order valence-electron chi connectivity index (χ0n) is 14.5. The van der Waals surface area contributed by atoms with Gasteiger partial charge in [-0.1, -0.05) is 5.16 Å². The zero-order valence-corrected chi connectivity index (χ0v) is 15.3. The summed E-state index contributed by atoms with van der Waals surface area (Å²) >= 11 is 0. The molecule has 0 aliphatic carbocycles. The van der Waals surface area contributed by atoms with E-state index in [0.29, 0.717) is 12.2 Å². The highest BCUT2D eigenvalue weighted by Gasteiger charge is 2.25. The number of piperidine rings is 1. The second-order valence-corrected chi connectivity index (χ2v) is 8.11. The average Bonchev–Trinajstić information content (AvgIpc) is 3.00. The van der Waals surface area contributed by atoms with Crippen molar-refractivity contribution in [2.75, 3.05) is 18.4 Å². The molecule has 0 unspecified atom stereocenters. The summed E-state index contributed by atoms with van der Waals surface area (Å²) in [5, 5.41) is 11.8.